The maximum atomic E-state index is 11.4. The summed E-state index contributed by atoms with van der Waals surface area (Å²) in [5, 5.41) is 0. The first-order valence-corrected chi connectivity index (χ1v) is 5.66. The molecular formula is C13H18ClNO4. The number of carbonyl (C=O) groups is 2. The molecule has 1 aromatic carbocycles. The van der Waals surface area contributed by atoms with Gasteiger partial charge in [0.25, 0.3) is 0 Å². The summed E-state index contributed by atoms with van der Waals surface area (Å²) >= 11 is 0. The summed E-state index contributed by atoms with van der Waals surface area (Å²) in [6.07, 6.45) is 0.323. The van der Waals surface area contributed by atoms with Crippen molar-refractivity contribution in [3.05, 3.63) is 35.9 Å². The van der Waals surface area contributed by atoms with Crippen LogP contribution in [0.4, 0.5) is 0 Å². The molecule has 1 unspecified atom stereocenters. The fourth-order valence-corrected chi connectivity index (χ4v) is 1.35. The van der Waals surface area contributed by atoms with Crippen molar-refractivity contribution < 1.29 is 19.1 Å². The largest absolute Gasteiger partial charge is 0.468 e. The van der Waals surface area contributed by atoms with Gasteiger partial charge in [0, 0.05) is 6.42 Å². The van der Waals surface area contributed by atoms with Crippen molar-refractivity contribution in [1.82, 2.24) is 0 Å². The molecule has 0 amide bonds. The van der Waals surface area contributed by atoms with Gasteiger partial charge in [-0.1, -0.05) is 30.3 Å². The highest BCUT2D eigenvalue weighted by molar-refractivity contribution is 5.85. The zero-order valence-corrected chi connectivity index (χ0v) is 11.5. The van der Waals surface area contributed by atoms with Crippen LogP contribution < -0.4 is 5.73 Å². The molecule has 0 aliphatic rings. The molecular weight excluding hydrogens is 270 g/mol. The van der Waals surface area contributed by atoms with Crippen molar-refractivity contribution in [2.45, 2.75) is 25.5 Å². The fourth-order valence-electron chi connectivity index (χ4n) is 1.35. The standard InChI is InChI=1S/C13H17NO4.ClH/c1-17-13(16)11(14)7-8-12(15)18-9-10-5-3-2-4-6-10;/h2-6,11H,7-9,14H2,1H3;1H. The SMILES string of the molecule is COC(=O)C(N)CCC(=O)OCc1ccccc1.Cl. The number of ether oxygens (including phenoxy) is 2. The van der Waals surface area contributed by atoms with Gasteiger partial charge in [-0.25, -0.2) is 0 Å². The van der Waals surface area contributed by atoms with Gasteiger partial charge in [-0.2, -0.15) is 0 Å². The van der Waals surface area contributed by atoms with Gasteiger partial charge in [-0.3, -0.25) is 9.59 Å². The maximum Gasteiger partial charge on any atom is 0.322 e. The van der Waals surface area contributed by atoms with Gasteiger partial charge in [0.1, 0.15) is 12.6 Å². The third-order valence-corrected chi connectivity index (χ3v) is 2.41. The van der Waals surface area contributed by atoms with Gasteiger partial charge < -0.3 is 15.2 Å². The summed E-state index contributed by atoms with van der Waals surface area (Å²) in [4.78, 5) is 22.4. The molecule has 0 saturated carbocycles. The summed E-state index contributed by atoms with van der Waals surface area (Å²) in [5.74, 6) is -0.899. The van der Waals surface area contributed by atoms with Crippen molar-refractivity contribution in [3.63, 3.8) is 0 Å². The second-order valence-corrected chi connectivity index (χ2v) is 3.81. The quantitative estimate of drug-likeness (QED) is 0.801. The molecule has 0 saturated heterocycles. The number of hydrogen-bond acceptors (Lipinski definition) is 5. The third kappa shape index (κ3) is 6.79. The van der Waals surface area contributed by atoms with E-state index in [1.807, 2.05) is 30.3 Å². The van der Waals surface area contributed by atoms with Crippen LogP contribution in [0, 0.1) is 0 Å². The first-order valence-electron chi connectivity index (χ1n) is 5.66. The Morgan fingerprint density at radius 2 is 1.89 bits per heavy atom. The number of rotatable bonds is 6. The molecule has 0 radical (unpaired) electrons. The average molecular weight is 288 g/mol. The van der Waals surface area contributed by atoms with E-state index >= 15 is 0 Å². The smallest absolute Gasteiger partial charge is 0.322 e. The number of halogens is 1. The highest BCUT2D eigenvalue weighted by Crippen LogP contribution is 2.04. The third-order valence-electron chi connectivity index (χ3n) is 2.41. The summed E-state index contributed by atoms with van der Waals surface area (Å²) in [6.45, 7) is 0.229. The zero-order valence-electron chi connectivity index (χ0n) is 10.7. The highest BCUT2D eigenvalue weighted by Gasteiger charge is 2.15. The zero-order chi connectivity index (χ0) is 13.4. The van der Waals surface area contributed by atoms with E-state index in [9.17, 15) is 9.59 Å². The molecule has 0 fully saturated rings. The van der Waals surface area contributed by atoms with Crippen molar-refractivity contribution >= 4 is 24.3 Å². The minimum atomic E-state index is -0.778. The molecule has 1 rings (SSSR count). The van der Waals surface area contributed by atoms with Crippen LogP contribution in [0.3, 0.4) is 0 Å². The van der Waals surface area contributed by atoms with Gasteiger partial charge in [0.2, 0.25) is 0 Å². The number of carbonyl (C=O) groups excluding carboxylic acids is 2. The molecule has 1 aromatic rings. The van der Waals surface area contributed by atoms with Crippen molar-refractivity contribution in [2.75, 3.05) is 7.11 Å². The molecule has 6 heteroatoms. The van der Waals surface area contributed by atoms with Gasteiger partial charge in [0.05, 0.1) is 7.11 Å². The highest BCUT2D eigenvalue weighted by atomic mass is 35.5. The predicted molar refractivity (Wildman–Crippen MR) is 72.7 cm³/mol. The van der Waals surface area contributed by atoms with Crippen LogP contribution in [-0.4, -0.2) is 25.1 Å². The van der Waals surface area contributed by atoms with Crippen LogP contribution in [-0.2, 0) is 25.7 Å². The lowest BCUT2D eigenvalue weighted by Gasteiger charge is -2.09. The second kappa shape index (κ2) is 9.35. The van der Waals surface area contributed by atoms with Crippen LogP contribution in [0.25, 0.3) is 0 Å². The molecule has 1 atom stereocenters. The van der Waals surface area contributed by atoms with Crippen LogP contribution in [0.5, 0.6) is 0 Å². The van der Waals surface area contributed by atoms with Gasteiger partial charge in [-0.15, -0.1) is 12.4 Å². The topological polar surface area (TPSA) is 78.6 Å². The van der Waals surface area contributed by atoms with E-state index in [1.54, 1.807) is 0 Å². The van der Waals surface area contributed by atoms with Crippen LogP contribution >= 0.6 is 12.4 Å². The van der Waals surface area contributed by atoms with Crippen LogP contribution in [0.15, 0.2) is 30.3 Å². The first kappa shape index (κ1) is 17.4. The molecule has 0 spiro atoms. The Kier molecular flexibility index (Phi) is 8.57. The molecule has 106 valence electrons. The molecule has 0 aliphatic carbocycles. The van der Waals surface area contributed by atoms with E-state index in [1.165, 1.54) is 7.11 Å². The van der Waals surface area contributed by atoms with Gasteiger partial charge in [-0.05, 0) is 12.0 Å². The Morgan fingerprint density at radius 3 is 2.47 bits per heavy atom. The average Bonchev–Trinajstić information content (AvgIpc) is 2.42. The van der Waals surface area contributed by atoms with E-state index in [0.29, 0.717) is 0 Å². The maximum absolute atomic E-state index is 11.4. The molecule has 0 heterocycles. The molecule has 19 heavy (non-hydrogen) atoms. The Hall–Kier alpha value is -1.59. The van der Waals surface area contributed by atoms with E-state index in [-0.39, 0.29) is 37.8 Å². The lowest BCUT2D eigenvalue weighted by atomic mass is 10.2. The van der Waals surface area contributed by atoms with Crippen molar-refractivity contribution in [1.29, 1.82) is 0 Å². The van der Waals surface area contributed by atoms with Crippen molar-refractivity contribution in [2.24, 2.45) is 5.73 Å². The first-order chi connectivity index (χ1) is 8.63. The molecule has 0 aromatic heterocycles. The number of benzene rings is 1. The summed E-state index contributed by atoms with van der Waals surface area (Å²) in [5.41, 5.74) is 6.42. The molecule has 0 aliphatic heterocycles. The molecule has 0 bridgehead atoms. The van der Waals surface area contributed by atoms with Crippen LogP contribution in [0.2, 0.25) is 0 Å². The lowest BCUT2D eigenvalue weighted by molar-refractivity contribution is -0.146. The predicted octanol–water partition coefficient (Wildman–Crippen LogP) is 1.43. The van der Waals surface area contributed by atoms with E-state index in [0.717, 1.165) is 5.56 Å². The Bertz CT molecular complexity index is 397. The second-order valence-electron chi connectivity index (χ2n) is 3.81. The monoisotopic (exact) mass is 287 g/mol. The normalized spacial score (nSPS) is 11.1. The molecule has 2 N–H and O–H groups in total. The van der Waals surface area contributed by atoms with Crippen LogP contribution in [0.1, 0.15) is 18.4 Å². The minimum absolute atomic E-state index is 0. The van der Waals surface area contributed by atoms with Crippen molar-refractivity contribution in [3.8, 4) is 0 Å². The summed E-state index contributed by atoms with van der Waals surface area (Å²) in [7, 11) is 1.26. The number of esters is 2. The fraction of sp³-hybridized carbons (Fsp3) is 0.385. The Balaban J connectivity index is 0.00000324. The molecule has 5 nitrogen and oxygen atoms in total. The summed E-state index contributed by atoms with van der Waals surface area (Å²) in [6, 6.07) is 8.59. The van der Waals surface area contributed by atoms with Gasteiger partial charge in [0.15, 0.2) is 0 Å². The minimum Gasteiger partial charge on any atom is -0.468 e. The van der Waals surface area contributed by atoms with E-state index in [2.05, 4.69) is 4.74 Å². The van der Waals surface area contributed by atoms with E-state index < -0.39 is 12.0 Å². The number of nitrogens with two attached hydrogens (primary N) is 1. The Morgan fingerprint density at radius 1 is 1.26 bits per heavy atom. The van der Waals surface area contributed by atoms with E-state index in [4.69, 9.17) is 10.5 Å². The number of hydrogen-bond donors (Lipinski definition) is 1. The lowest BCUT2D eigenvalue weighted by Crippen LogP contribution is -2.32. The summed E-state index contributed by atoms with van der Waals surface area (Å²) < 4.78 is 9.50. The Labute approximate surface area is 118 Å². The number of methoxy groups -OCH3 is 1. The van der Waals surface area contributed by atoms with Gasteiger partial charge >= 0.3 is 11.9 Å².